The molecule has 0 bridgehead atoms. The number of aryl methyl sites for hydroxylation is 1. The number of hydrogen-bond donors (Lipinski definition) is 1. The SMILES string of the molecule is CC(C)NC(=O)N(C1CCOCC1)C1CN(C(=O)CCc2ccccc2)C1. The average Bonchev–Trinajstić information content (AvgIpc) is 2.63. The predicted octanol–water partition coefficient (Wildman–Crippen LogP) is 2.43. The molecular formula is C21H31N3O3. The second-order valence-electron chi connectivity index (χ2n) is 7.79. The van der Waals surface area contributed by atoms with E-state index in [0.29, 0.717) is 32.7 Å². The van der Waals surface area contributed by atoms with E-state index >= 15 is 0 Å². The van der Waals surface area contributed by atoms with Gasteiger partial charge in [-0.05, 0) is 38.7 Å². The van der Waals surface area contributed by atoms with Crippen molar-refractivity contribution in [3.8, 4) is 0 Å². The van der Waals surface area contributed by atoms with Crippen LogP contribution in [0, 0.1) is 0 Å². The van der Waals surface area contributed by atoms with Crippen molar-refractivity contribution in [1.29, 1.82) is 0 Å². The summed E-state index contributed by atoms with van der Waals surface area (Å²) in [6, 6.07) is 10.5. The van der Waals surface area contributed by atoms with Gasteiger partial charge in [0.05, 0.1) is 6.04 Å². The van der Waals surface area contributed by atoms with Gasteiger partial charge in [0.25, 0.3) is 0 Å². The lowest BCUT2D eigenvalue weighted by molar-refractivity contribution is -0.138. The summed E-state index contributed by atoms with van der Waals surface area (Å²) in [6.07, 6.45) is 3.01. The van der Waals surface area contributed by atoms with Crippen molar-refractivity contribution in [3.63, 3.8) is 0 Å². The van der Waals surface area contributed by atoms with E-state index in [1.165, 1.54) is 5.56 Å². The minimum absolute atomic E-state index is 0.0155. The van der Waals surface area contributed by atoms with Gasteiger partial charge in [-0.3, -0.25) is 4.79 Å². The maximum atomic E-state index is 12.7. The number of carbonyl (C=O) groups is 2. The van der Waals surface area contributed by atoms with E-state index in [0.717, 1.165) is 19.3 Å². The Kier molecular flexibility index (Phi) is 6.72. The molecule has 6 heteroatoms. The van der Waals surface area contributed by atoms with Crippen molar-refractivity contribution < 1.29 is 14.3 Å². The molecule has 2 saturated heterocycles. The highest BCUT2D eigenvalue weighted by Gasteiger charge is 2.40. The highest BCUT2D eigenvalue weighted by Crippen LogP contribution is 2.24. The van der Waals surface area contributed by atoms with Crippen LogP contribution in [0.25, 0.3) is 0 Å². The predicted molar refractivity (Wildman–Crippen MR) is 104 cm³/mol. The van der Waals surface area contributed by atoms with Gasteiger partial charge in [0.1, 0.15) is 0 Å². The number of benzene rings is 1. The van der Waals surface area contributed by atoms with Gasteiger partial charge in [-0.15, -0.1) is 0 Å². The molecular weight excluding hydrogens is 342 g/mol. The smallest absolute Gasteiger partial charge is 0.318 e. The number of nitrogens with one attached hydrogen (secondary N) is 1. The number of rotatable bonds is 6. The molecule has 2 fully saturated rings. The Morgan fingerprint density at radius 2 is 1.81 bits per heavy atom. The van der Waals surface area contributed by atoms with Crippen LogP contribution in [0.5, 0.6) is 0 Å². The molecule has 27 heavy (non-hydrogen) atoms. The van der Waals surface area contributed by atoms with Gasteiger partial charge in [-0.25, -0.2) is 4.79 Å². The van der Waals surface area contributed by atoms with E-state index in [1.54, 1.807) is 0 Å². The van der Waals surface area contributed by atoms with E-state index in [9.17, 15) is 9.59 Å². The van der Waals surface area contributed by atoms with Gasteiger partial charge in [0.2, 0.25) is 5.91 Å². The van der Waals surface area contributed by atoms with Crippen molar-refractivity contribution in [2.75, 3.05) is 26.3 Å². The fourth-order valence-corrected chi connectivity index (χ4v) is 3.80. The van der Waals surface area contributed by atoms with Crippen LogP contribution in [-0.2, 0) is 16.0 Å². The first-order valence-electron chi connectivity index (χ1n) is 10.0. The number of nitrogens with zero attached hydrogens (tertiary/aromatic N) is 2. The van der Waals surface area contributed by atoms with Gasteiger partial charge in [-0.1, -0.05) is 30.3 Å². The molecule has 148 valence electrons. The molecule has 0 aliphatic carbocycles. The number of hydrogen-bond acceptors (Lipinski definition) is 3. The largest absolute Gasteiger partial charge is 0.381 e. The zero-order chi connectivity index (χ0) is 19.2. The third-order valence-electron chi connectivity index (χ3n) is 5.31. The van der Waals surface area contributed by atoms with Crippen molar-refractivity contribution in [1.82, 2.24) is 15.1 Å². The molecule has 1 aromatic carbocycles. The zero-order valence-electron chi connectivity index (χ0n) is 16.4. The quantitative estimate of drug-likeness (QED) is 0.833. The van der Waals surface area contributed by atoms with Gasteiger partial charge >= 0.3 is 6.03 Å². The second-order valence-corrected chi connectivity index (χ2v) is 7.79. The lowest BCUT2D eigenvalue weighted by Crippen LogP contribution is -2.66. The fourth-order valence-electron chi connectivity index (χ4n) is 3.80. The monoisotopic (exact) mass is 373 g/mol. The highest BCUT2D eigenvalue weighted by atomic mass is 16.5. The van der Waals surface area contributed by atoms with Crippen molar-refractivity contribution in [3.05, 3.63) is 35.9 Å². The van der Waals surface area contributed by atoms with Crippen LogP contribution < -0.4 is 5.32 Å². The van der Waals surface area contributed by atoms with Crippen molar-refractivity contribution >= 4 is 11.9 Å². The van der Waals surface area contributed by atoms with Gasteiger partial charge < -0.3 is 19.9 Å². The lowest BCUT2D eigenvalue weighted by atomic mass is 9.99. The van der Waals surface area contributed by atoms with Crippen LogP contribution in [0.2, 0.25) is 0 Å². The Hall–Kier alpha value is -2.08. The average molecular weight is 373 g/mol. The zero-order valence-corrected chi connectivity index (χ0v) is 16.4. The topological polar surface area (TPSA) is 61.9 Å². The first kappa shape index (κ1) is 19.7. The van der Waals surface area contributed by atoms with Crippen LogP contribution in [0.4, 0.5) is 4.79 Å². The summed E-state index contributed by atoms with van der Waals surface area (Å²) in [5.41, 5.74) is 1.18. The van der Waals surface area contributed by atoms with Crippen LogP contribution in [0.3, 0.4) is 0 Å². The fraction of sp³-hybridized carbons (Fsp3) is 0.619. The minimum Gasteiger partial charge on any atom is -0.381 e. The molecule has 0 saturated carbocycles. The van der Waals surface area contributed by atoms with Crippen molar-refractivity contribution in [2.24, 2.45) is 0 Å². The van der Waals surface area contributed by atoms with Crippen LogP contribution >= 0.6 is 0 Å². The van der Waals surface area contributed by atoms with E-state index in [1.807, 2.05) is 41.8 Å². The number of ether oxygens (including phenoxy) is 1. The highest BCUT2D eigenvalue weighted by molar-refractivity contribution is 5.79. The molecule has 2 aliphatic rings. The molecule has 3 rings (SSSR count). The Morgan fingerprint density at radius 1 is 1.15 bits per heavy atom. The standard InChI is InChI=1S/C21H31N3O3/c1-16(2)22-21(26)24(18-10-12-27-13-11-18)19-14-23(15-19)20(25)9-8-17-6-4-3-5-7-17/h3-7,16,18-19H,8-15H2,1-2H3,(H,22,26). The molecule has 0 aromatic heterocycles. The summed E-state index contributed by atoms with van der Waals surface area (Å²) >= 11 is 0. The Balaban J connectivity index is 1.53. The first-order chi connectivity index (χ1) is 13.0. The molecule has 0 unspecified atom stereocenters. The first-order valence-corrected chi connectivity index (χ1v) is 10.0. The molecule has 2 aliphatic heterocycles. The summed E-state index contributed by atoms with van der Waals surface area (Å²) in [4.78, 5) is 29.1. The van der Waals surface area contributed by atoms with Crippen molar-refractivity contribution in [2.45, 2.75) is 57.7 Å². The lowest BCUT2D eigenvalue weighted by Gasteiger charge is -2.49. The molecule has 1 aromatic rings. The molecule has 6 nitrogen and oxygen atoms in total. The van der Waals surface area contributed by atoms with Gasteiger partial charge in [0.15, 0.2) is 0 Å². The summed E-state index contributed by atoms with van der Waals surface area (Å²) in [7, 11) is 0. The Morgan fingerprint density at radius 3 is 2.44 bits per heavy atom. The number of amides is 3. The van der Waals surface area contributed by atoms with E-state index in [4.69, 9.17) is 4.74 Å². The second kappa shape index (κ2) is 9.22. The van der Waals surface area contributed by atoms with E-state index in [-0.39, 0.29) is 30.1 Å². The van der Waals surface area contributed by atoms with Gasteiger partial charge in [0, 0.05) is 44.8 Å². The van der Waals surface area contributed by atoms with Crippen LogP contribution in [-0.4, -0.2) is 66.2 Å². The molecule has 0 spiro atoms. The molecule has 0 radical (unpaired) electrons. The molecule has 1 N–H and O–H groups in total. The maximum absolute atomic E-state index is 12.7. The number of urea groups is 1. The maximum Gasteiger partial charge on any atom is 0.318 e. The summed E-state index contributed by atoms with van der Waals surface area (Å²) in [5.74, 6) is 0.172. The molecule has 2 heterocycles. The molecule has 3 amide bonds. The summed E-state index contributed by atoms with van der Waals surface area (Å²) in [6.45, 7) is 6.61. The van der Waals surface area contributed by atoms with E-state index in [2.05, 4.69) is 17.4 Å². The number of likely N-dealkylation sites (tertiary alicyclic amines) is 1. The van der Waals surface area contributed by atoms with Gasteiger partial charge in [-0.2, -0.15) is 0 Å². The third-order valence-corrected chi connectivity index (χ3v) is 5.31. The Labute approximate surface area is 161 Å². The normalized spacial score (nSPS) is 18.3. The summed E-state index contributed by atoms with van der Waals surface area (Å²) in [5, 5.41) is 3.02. The summed E-state index contributed by atoms with van der Waals surface area (Å²) < 4.78 is 5.45. The molecule has 0 atom stereocenters. The third kappa shape index (κ3) is 5.22. The Bertz CT molecular complexity index is 623. The minimum atomic E-state index is -0.0155. The van der Waals surface area contributed by atoms with E-state index < -0.39 is 0 Å². The van der Waals surface area contributed by atoms with Crippen LogP contribution in [0.1, 0.15) is 38.7 Å². The van der Waals surface area contributed by atoms with Crippen LogP contribution in [0.15, 0.2) is 30.3 Å². The number of carbonyl (C=O) groups excluding carboxylic acids is 2.